The molecule has 0 aromatic heterocycles. The molecule has 4 heteroatoms. The molecule has 1 amide bonds. The summed E-state index contributed by atoms with van der Waals surface area (Å²) in [5, 5.41) is 3.26. The molecule has 1 atom stereocenters. The van der Waals surface area contributed by atoms with Crippen molar-refractivity contribution >= 4 is 18.3 Å². The molecule has 0 spiro atoms. The zero-order valence-electron chi connectivity index (χ0n) is 13.5. The number of hydrogen-bond donors (Lipinski definition) is 1. The summed E-state index contributed by atoms with van der Waals surface area (Å²) >= 11 is 0. The van der Waals surface area contributed by atoms with Crippen molar-refractivity contribution in [2.24, 2.45) is 5.92 Å². The Kier molecular flexibility index (Phi) is 6.24. The topological polar surface area (TPSA) is 32.3 Å². The van der Waals surface area contributed by atoms with Gasteiger partial charge in [-0.1, -0.05) is 43.7 Å². The van der Waals surface area contributed by atoms with Crippen LogP contribution in [0.25, 0.3) is 0 Å². The Labute approximate surface area is 134 Å². The number of amides is 1. The highest BCUT2D eigenvalue weighted by atomic mass is 35.5. The highest BCUT2D eigenvalue weighted by Gasteiger charge is 2.29. The van der Waals surface area contributed by atoms with Gasteiger partial charge >= 0.3 is 0 Å². The molecule has 1 aliphatic heterocycles. The molecule has 1 N–H and O–H groups in total. The molecule has 118 valence electrons. The largest absolute Gasteiger partial charge is 0.345 e. The predicted octanol–water partition coefficient (Wildman–Crippen LogP) is 2.76. The van der Waals surface area contributed by atoms with Crippen LogP contribution in [0.15, 0.2) is 24.3 Å². The van der Waals surface area contributed by atoms with Crippen molar-refractivity contribution in [3.05, 3.63) is 35.4 Å². The Morgan fingerprint density at radius 3 is 2.48 bits per heavy atom. The molecule has 1 fully saturated rings. The van der Waals surface area contributed by atoms with E-state index in [-0.39, 0.29) is 29.6 Å². The van der Waals surface area contributed by atoms with Gasteiger partial charge in [-0.05, 0) is 25.5 Å². The number of benzene rings is 1. The summed E-state index contributed by atoms with van der Waals surface area (Å²) in [5.74, 6) is 0.434. The fourth-order valence-electron chi connectivity index (χ4n) is 2.94. The molecule has 2 rings (SSSR count). The van der Waals surface area contributed by atoms with Gasteiger partial charge in [0, 0.05) is 25.6 Å². The summed E-state index contributed by atoms with van der Waals surface area (Å²) < 4.78 is 0. The van der Waals surface area contributed by atoms with Crippen molar-refractivity contribution in [3.63, 3.8) is 0 Å². The first-order chi connectivity index (χ1) is 9.40. The van der Waals surface area contributed by atoms with Crippen LogP contribution in [-0.4, -0.2) is 37.5 Å². The molecule has 0 saturated carbocycles. The van der Waals surface area contributed by atoms with E-state index in [0.29, 0.717) is 0 Å². The molecular weight excluding hydrogens is 284 g/mol. The van der Waals surface area contributed by atoms with Crippen LogP contribution in [0.3, 0.4) is 0 Å². The third kappa shape index (κ3) is 4.45. The fourth-order valence-corrected chi connectivity index (χ4v) is 2.94. The smallest absolute Gasteiger partial charge is 0.226 e. The Morgan fingerprint density at radius 1 is 1.33 bits per heavy atom. The number of nitrogens with zero attached hydrogens (tertiary/aromatic N) is 1. The second kappa shape index (κ2) is 7.28. The van der Waals surface area contributed by atoms with Crippen LogP contribution in [0.5, 0.6) is 0 Å². The van der Waals surface area contributed by atoms with Crippen molar-refractivity contribution in [1.29, 1.82) is 0 Å². The number of carbonyl (C=O) groups excluding carboxylic acids is 1. The molecular formula is C17H27ClN2O. The van der Waals surface area contributed by atoms with Crippen LogP contribution in [0.2, 0.25) is 0 Å². The lowest BCUT2D eigenvalue weighted by Gasteiger charge is -2.32. The van der Waals surface area contributed by atoms with Crippen LogP contribution in [0.1, 0.15) is 31.4 Å². The lowest BCUT2D eigenvalue weighted by atomic mass is 9.83. The average Bonchev–Trinajstić information content (AvgIpc) is 2.91. The number of aryl methyl sites for hydroxylation is 1. The summed E-state index contributed by atoms with van der Waals surface area (Å²) in [6.07, 6.45) is 0.966. The van der Waals surface area contributed by atoms with Gasteiger partial charge < -0.3 is 10.2 Å². The van der Waals surface area contributed by atoms with E-state index in [9.17, 15) is 4.79 Å². The van der Waals surface area contributed by atoms with Gasteiger partial charge in [0.2, 0.25) is 5.91 Å². The van der Waals surface area contributed by atoms with Gasteiger partial charge in [0.25, 0.3) is 0 Å². The summed E-state index contributed by atoms with van der Waals surface area (Å²) in [7, 11) is 1.93. The first-order valence-corrected chi connectivity index (χ1v) is 7.43. The minimum absolute atomic E-state index is 0. The van der Waals surface area contributed by atoms with Crippen molar-refractivity contribution in [1.82, 2.24) is 10.2 Å². The van der Waals surface area contributed by atoms with Crippen molar-refractivity contribution < 1.29 is 4.79 Å². The highest BCUT2D eigenvalue weighted by molar-refractivity contribution is 5.85. The molecule has 0 radical (unpaired) electrons. The minimum Gasteiger partial charge on any atom is -0.345 e. The average molecular weight is 311 g/mol. The number of hydrogen-bond acceptors (Lipinski definition) is 2. The maximum Gasteiger partial charge on any atom is 0.226 e. The van der Waals surface area contributed by atoms with E-state index in [1.54, 1.807) is 0 Å². The summed E-state index contributed by atoms with van der Waals surface area (Å²) in [6.45, 7) is 9.05. The second-order valence-electron chi connectivity index (χ2n) is 6.63. The van der Waals surface area contributed by atoms with E-state index < -0.39 is 0 Å². The quantitative estimate of drug-likeness (QED) is 0.927. The van der Waals surface area contributed by atoms with Gasteiger partial charge in [0.15, 0.2) is 0 Å². The van der Waals surface area contributed by atoms with Gasteiger partial charge in [-0.15, -0.1) is 12.4 Å². The third-order valence-corrected chi connectivity index (χ3v) is 4.25. The van der Waals surface area contributed by atoms with E-state index >= 15 is 0 Å². The van der Waals surface area contributed by atoms with Crippen molar-refractivity contribution in [3.8, 4) is 0 Å². The number of nitrogens with one attached hydrogen (secondary N) is 1. The van der Waals surface area contributed by atoms with E-state index in [0.717, 1.165) is 26.1 Å². The van der Waals surface area contributed by atoms with Gasteiger partial charge in [0.05, 0.1) is 5.92 Å². The number of halogens is 1. The van der Waals surface area contributed by atoms with Crippen LogP contribution in [0.4, 0.5) is 0 Å². The van der Waals surface area contributed by atoms with Crippen molar-refractivity contribution in [2.45, 2.75) is 32.6 Å². The maximum absolute atomic E-state index is 12.4. The van der Waals surface area contributed by atoms with Crippen LogP contribution in [0, 0.1) is 12.8 Å². The molecule has 0 bridgehead atoms. The summed E-state index contributed by atoms with van der Waals surface area (Å²) in [5.41, 5.74) is 2.53. The normalized spacial score (nSPS) is 18.2. The van der Waals surface area contributed by atoms with Crippen LogP contribution < -0.4 is 5.32 Å². The zero-order chi connectivity index (χ0) is 14.8. The molecule has 1 saturated heterocycles. The van der Waals surface area contributed by atoms with Gasteiger partial charge in [-0.25, -0.2) is 0 Å². The lowest BCUT2D eigenvalue weighted by molar-refractivity contribution is -0.134. The lowest BCUT2D eigenvalue weighted by Crippen LogP contribution is -2.41. The van der Waals surface area contributed by atoms with Crippen molar-refractivity contribution in [2.75, 3.05) is 26.7 Å². The molecule has 1 unspecified atom stereocenters. The maximum atomic E-state index is 12.4. The van der Waals surface area contributed by atoms with E-state index in [1.807, 2.05) is 11.9 Å². The number of likely N-dealkylation sites (N-methyl/N-ethyl adjacent to an activating group) is 1. The molecule has 3 nitrogen and oxygen atoms in total. The number of rotatable bonds is 4. The molecule has 21 heavy (non-hydrogen) atoms. The van der Waals surface area contributed by atoms with E-state index in [1.165, 1.54) is 11.1 Å². The SMILES string of the molecule is Cc1ccc(C(C)(C)CN(C)C(=O)C2CCNC2)cc1.Cl. The predicted molar refractivity (Wildman–Crippen MR) is 90.1 cm³/mol. The van der Waals surface area contributed by atoms with Crippen LogP contribution in [-0.2, 0) is 10.2 Å². The Balaban J connectivity index is 0.00000220. The van der Waals surface area contributed by atoms with Gasteiger partial charge in [-0.2, -0.15) is 0 Å². The molecule has 0 aliphatic carbocycles. The van der Waals surface area contributed by atoms with Gasteiger partial charge in [-0.3, -0.25) is 4.79 Å². The first-order valence-electron chi connectivity index (χ1n) is 7.43. The minimum atomic E-state index is -0.0237. The molecule has 1 heterocycles. The summed E-state index contributed by atoms with van der Waals surface area (Å²) in [4.78, 5) is 14.3. The Morgan fingerprint density at radius 2 is 1.95 bits per heavy atom. The zero-order valence-corrected chi connectivity index (χ0v) is 14.3. The van der Waals surface area contributed by atoms with E-state index in [2.05, 4.69) is 50.4 Å². The second-order valence-corrected chi connectivity index (χ2v) is 6.63. The van der Waals surface area contributed by atoms with Crippen LogP contribution >= 0.6 is 12.4 Å². The highest BCUT2D eigenvalue weighted by Crippen LogP contribution is 2.25. The molecule has 1 aromatic carbocycles. The monoisotopic (exact) mass is 310 g/mol. The van der Waals surface area contributed by atoms with E-state index in [4.69, 9.17) is 0 Å². The fraction of sp³-hybridized carbons (Fsp3) is 0.588. The molecule has 1 aromatic rings. The third-order valence-electron chi connectivity index (χ3n) is 4.25. The Hall–Kier alpha value is -1.06. The summed E-state index contributed by atoms with van der Waals surface area (Å²) in [6, 6.07) is 8.62. The van der Waals surface area contributed by atoms with Gasteiger partial charge in [0.1, 0.15) is 0 Å². The standard InChI is InChI=1S/C17H26N2O.ClH/c1-13-5-7-15(8-6-13)17(2,3)12-19(4)16(20)14-9-10-18-11-14;/h5-8,14,18H,9-12H2,1-4H3;1H. The number of carbonyl (C=O) groups is 1. The molecule has 1 aliphatic rings. The Bertz CT molecular complexity index is 464. The first kappa shape index (κ1) is 18.0.